The fourth-order valence-electron chi connectivity index (χ4n) is 4.82. The zero-order chi connectivity index (χ0) is 28.3. The number of aromatic nitrogens is 2. The van der Waals surface area contributed by atoms with Crippen LogP contribution in [0.3, 0.4) is 0 Å². The van der Waals surface area contributed by atoms with Crippen molar-refractivity contribution in [2.24, 2.45) is 0 Å². The maximum atomic E-state index is 12.9. The third-order valence-electron chi connectivity index (χ3n) is 6.92. The van der Waals surface area contributed by atoms with Gasteiger partial charge in [-0.05, 0) is 47.4 Å². The maximum absolute atomic E-state index is 12.9. The van der Waals surface area contributed by atoms with Crippen molar-refractivity contribution in [3.05, 3.63) is 132 Å². The third-order valence-corrected chi connectivity index (χ3v) is 7.73. The predicted octanol–water partition coefficient (Wildman–Crippen LogP) is 6.47. The van der Waals surface area contributed by atoms with Crippen LogP contribution in [0, 0.1) is 0 Å². The van der Waals surface area contributed by atoms with Crippen LogP contribution in [-0.4, -0.2) is 35.5 Å². The summed E-state index contributed by atoms with van der Waals surface area (Å²) >= 11 is 1.34. The summed E-state index contributed by atoms with van der Waals surface area (Å²) in [5, 5.41) is 3.90. The Hall–Kier alpha value is -4.43. The minimum absolute atomic E-state index is 0.00966. The van der Waals surface area contributed by atoms with Crippen LogP contribution in [0.15, 0.2) is 108 Å². The molecule has 0 radical (unpaired) electrons. The maximum Gasteiger partial charge on any atom is 0.221 e. The van der Waals surface area contributed by atoms with E-state index in [4.69, 9.17) is 14.1 Å². The number of hydrogen-bond donors (Lipinski definition) is 1. The number of carbonyl (C=O) groups excluding carboxylic acids is 1. The molecule has 0 unspecified atom stereocenters. The fourth-order valence-corrected chi connectivity index (χ4v) is 5.53. The van der Waals surface area contributed by atoms with Gasteiger partial charge in [0.1, 0.15) is 17.3 Å². The molecule has 1 amide bonds. The van der Waals surface area contributed by atoms with E-state index in [0.29, 0.717) is 32.5 Å². The second kappa shape index (κ2) is 14.3. The minimum Gasteiger partial charge on any atom is -0.497 e. The van der Waals surface area contributed by atoms with Crippen LogP contribution in [0.4, 0.5) is 5.13 Å². The fraction of sp³-hybridized carbons (Fsp3) is 0.242. The van der Waals surface area contributed by atoms with Gasteiger partial charge in [0, 0.05) is 43.4 Å². The van der Waals surface area contributed by atoms with Crippen molar-refractivity contribution in [2.75, 3.05) is 25.1 Å². The molecule has 0 aliphatic rings. The first-order valence-corrected chi connectivity index (χ1v) is 14.5. The SMILES string of the molecule is COc1cccc(Cc2nsc(N(CCC(=O)NCCC(c3ccccc3)c3ccccc3)Cc3ccco3)n2)c1. The van der Waals surface area contributed by atoms with Gasteiger partial charge in [-0.15, -0.1) is 0 Å². The average Bonchev–Trinajstić information content (AvgIpc) is 3.71. The van der Waals surface area contributed by atoms with Crippen LogP contribution in [0.5, 0.6) is 5.75 Å². The molecule has 0 saturated heterocycles. The molecular weight excluding hydrogens is 532 g/mol. The molecule has 5 rings (SSSR count). The summed E-state index contributed by atoms with van der Waals surface area (Å²) in [4.78, 5) is 19.8. The number of nitrogens with one attached hydrogen (secondary N) is 1. The molecule has 0 atom stereocenters. The lowest BCUT2D eigenvalue weighted by molar-refractivity contribution is -0.120. The molecule has 5 aromatic rings. The Morgan fingerprint density at radius 1 is 0.976 bits per heavy atom. The quantitative estimate of drug-likeness (QED) is 0.166. The summed E-state index contributed by atoms with van der Waals surface area (Å²) in [6.07, 6.45) is 3.42. The van der Waals surface area contributed by atoms with Crippen LogP contribution in [0.25, 0.3) is 0 Å². The Labute approximate surface area is 245 Å². The van der Waals surface area contributed by atoms with E-state index in [-0.39, 0.29) is 11.8 Å². The van der Waals surface area contributed by atoms with Crippen LogP contribution < -0.4 is 15.0 Å². The summed E-state index contributed by atoms with van der Waals surface area (Å²) < 4.78 is 15.5. The van der Waals surface area contributed by atoms with Crippen LogP contribution in [0.1, 0.15) is 47.0 Å². The minimum atomic E-state index is 0.00966. The monoisotopic (exact) mass is 566 g/mol. The summed E-state index contributed by atoms with van der Waals surface area (Å²) in [5.74, 6) is 2.58. The van der Waals surface area contributed by atoms with Crippen molar-refractivity contribution >= 4 is 22.6 Å². The molecule has 0 aliphatic carbocycles. The molecule has 8 heteroatoms. The summed E-state index contributed by atoms with van der Waals surface area (Å²) in [7, 11) is 1.66. The molecule has 2 heterocycles. The van der Waals surface area contributed by atoms with E-state index >= 15 is 0 Å². The molecule has 0 bridgehead atoms. The molecule has 3 aromatic carbocycles. The molecule has 2 aromatic heterocycles. The third kappa shape index (κ3) is 8.05. The normalized spacial score (nSPS) is 11.0. The van der Waals surface area contributed by atoms with Crippen LogP contribution in [-0.2, 0) is 17.8 Å². The van der Waals surface area contributed by atoms with Crippen LogP contribution >= 0.6 is 11.5 Å². The highest BCUT2D eigenvalue weighted by Crippen LogP contribution is 2.27. The number of carbonyl (C=O) groups is 1. The molecule has 0 saturated carbocycles. The van der Waals surface area contributed by atoms with Crippen molar-refractivity contribution in [1.29, 1.82) is 0 Å². The number of methoxy groups -OCH3 is 1. The summed E-state index contributed by atoms with van der Waals surface area (Å²) in [6, 6.07) is 32.6. The summed E-state index contributed by atoms with van der Waals surface area (Å²) in [5.41, 5.74) is 3.58. The Morgan fingerprint density at radius 2 is 1.73 bits per heavy atom. The van der Waals surface area contributed by atoms with E-state index in [2.05, 4.69) is 63.1 Å². The van der Waals surface area contributed by atoms with Crippen molar-refractivity contribution in [2.45, 2.75) is 31.7 Å². The zero-order valence-corrected chi connectivity index (χ0v) is 23.9. The second-order valence-electron chi connectivity index (χ2n) is 9.78. The van der Waals surface area contributed by atoms with Gasteiger partial charge in [0.05, 0.1) is 19.9 Å². The lowest BCUT2D eigenvalue weighted by Crippen LogP contribution is -2.31. The molecule has 7 nitrogen and oxygen atoms in total. The van der Waals surface area contributed by atoms with Gasteiger partial charge in [0.2, 0.25) is 11.0 Å². The zero-order valence-electron chi connectivity index (χ0n) is 23.1. The van der Waals surface area contributed by atoms with E-state index in [1.54, 1.807) is 13.4 Å². The Bertz CT molecular complexity index is 1450. The largest absolute Gasteiger partial charge is 0.497 e. The molecule has 0 fully saturated rings. The van der Waals surface area contributed by atoms with Gasteiger partial charge in [0.25, 0.3) is 0 Å². The van der Waals surface area contributed by atoms with Crippen molar-refractivity contribution in [3.63, 3.8) is 0 Å². The second-order valence-corrected chi connectivity index (χ2v) is 10.5. The Morgan fingerprint density at radius 3 is 2.41 bits per heavy atom. The Balaban J connectivity index is 1.19. The van der Waals surface area contributed by atoms with Gasteiger partial charge < -0.3 is 19.4 Å². The van der Waals surface area contributed by atoms with Crippen molar-refractivity contribution in [1.82, 2.24) is 14.7 Å². The van der Waals surface area contributed by atoms with Crippen LogP contribution in [0.2, 0.25) is 0 Å². The first-order chi connectivity index (χ1) is 20.2. The number of hydrogen-bond acceptors (Lipinski definition) is 7. The van der Waals surface area contributed by atoms with Crippen molar-refractivity contribution < 1.29 is 13.9 Å². The van der Waals surface area contributed by atoms with E-state index in [1.807, 2.05) is 48.5 Å². The summed E-state index contributed by atoms with van der Waals surface area (Å²) in [6.45, 7) is 1.61. The Kier molecular flexibility index (Phi) is 9.79. The number of ether oxygens (including phenoxy) is 1. The van der Waals surface area contributed by atoms with E-state index in [9.17, 15) is 4.79 Å². The molecule has 41 heavy (non-hydrogen) atoms. The number of benzene rings is 3. The molecular formula is C33H34N4O3S. The number of amides is 1. The van der Waals surface area contributed by atoms with E-state index < -0.39 is 0 Å². The number of furan rings is 1. The number of rotatable bonds is 14. The average molecular weight is 567 g/mol. The highest BCUT2D eigenvalue weighted by atomic mass is 32.1. The van der Waals surface area contributed by atoms with Gasteiger partial charge >= 0.3 is 0 Å². The lowest BCUT2D eigenvalue weighted by Gasteiger charge is -2.21. The van der Waals surface area contributed by atoms with E-state index in [0.717, 1.165) is 34.4 Å². The smallest absolute Gasteiger partial charge is 0.221 e. The first-order valence-electron chi connectivity index (χ1n) is 13.8. The molecule has 0 spiro atoms. The number of anilines is 1. The van der Waals surface area contributed by atoms with Gasteiger partial charge in [-0.2, -0.15) is 4.37 Å². The standard InChI is InChI=1S/C33H34N4O3S/c1-39-28-15-8-10-25(22-28)23-31-35-33(41-36-31)37(24-29-16-9-21-40-29)20-18-32(38)34-19-17-30(26-11-4-2-5-12-26)27-13-6-3-7-14-27/h2-16,21-22,30H,17-20,23-24H2,1H3,(H,34,38). The highest BCUT2D eigenvalue weighted by Gasteiger charge is 2.18. The molecule has 1 N–H and O–H groups in total. The molecule has 210 valence electrons. The van der Waals surface area contributed by atoms with Gasteiger partial charge in [0.15, 0.2) is 0 Å². The lowest BCUT2D eigenvalue weighted by atomic mass is 9.88. The van der Waals surface area contributed by atoms with Crippen molar-refractivity contribution in [3.8, 4) is 5.75 Å². The van der Waals surface area contributed by atoms with Gasteiger partial charge in [-0.3, -0.25) is 4.79 Å². The van der Waals surface area contributed by atoms with Gasteiger partial charge in [-0.1, -0.05) is 72.8 Å². The topological polar surface area (TPSA) is 80.5 Å². The highest BCUT2D eigenvalue weighted by molar-refractivity contribution is 7.09. The van der Waals surface area contributed by atoms with E-state index in [1.165, 1.54) is 22.7 Å². The first kappa shape index (κ1) is 28.1. The predicted molar refractivity (Wildman–Crippen MR) is 162 cm³/mol. The number of nitrogens with zero attached hydrogens (tertiary/aromatic N) is 3. The van der Waals surface area contributed by atoms with Gasteiger partial charge in [-0.25, -0.2) is 4.98 Å². The molecule has 0 aliphatic heterocycles.